The van der Waals surface area contributed by atoms with Crippen LogP contribution in [0.3, 0.4) is 0 Å². The average molecular weight is 415 g/mol. The largest absolute Gasteiger partial charge is 0.507 e. The van der Waals surface area contributed by atoms with Gasteiger partial charge in [0.25, 0.3) is 17.4 Å². The Kier molecular flexibility index (Phi) is 5.84. The quantitative estimate of drug-likeness (QED) is 0.567. The summed E-state index contributed by atoms with van der Waals surface area (Å²) in [6, 6.07) is 10.6. The molecule has 2 amide bonds. The summed E-state index contributed by atoms with van der Waals surface area (Å²) in [5.74, 6) is -1.59. The Morgan fingerprint density at radius 2 is 1.76 bits per heavy atom. The molecular weight excluding hydrogens is 396 g/mol. The molecule has 2 aromatic carbocycles. The number of aromatic hydroxyl groups is 1. The van der Waals surface area contributed by atoms with Crippen molar-refractivity contribution >= 4 is 34.2 Å². The summed E-state index contributed by atoms with van der Waals surface area (Å²) in [4.78, 5) is 37.6. The van der Waals surface area contributed by atoms with Crippen molar-refractivity contribution in [1.29, 1.82) is 0 Å². The number of nitrogens with one attached hydrogen (secondary N) is 2. The van der Waals surface area contributed by atoms with E-state index in [-0.39, 0.29) is 33.5 Å². The first-order chi connectivity index (χ1) is 13.8. The highest BCUT2D eigenvalue weighted by Crippen LogP contribution is 2.21. The van der Waals surface area contributed by atoms with Gasteiger partial charge < -0.3 is 5.11 Å². The minimum Gasteiger partial charge on any atom is -0.507 e. The van der Waals surface area contributed by atoms with Gasteiger partial charge in [0.05, 0.1) is 10.9 Å². The highest BCUT2D eigenvalue weighted by atomic mass is 35.5. The summed E-state index contributed by atoms with van der Waals surface area (Å²) in [5, 5.41) is 15.0. The van der Waals surface area contributed by atoms with Gasteiger partial charge in [-0.3, -0.25) is 25.2 Å². The van der Waals surface area contributed by atoms with E-state index in [1.165, 1.54) is 22.9 Å². The standard InChI is InChI=1S/C20H19ClN4O4/c1-11(2)10-25-20(29)14-6-4-3-5-13(14)17(24-25)19(28)23-22-18(27)15-9-12(21)7-8-16(15)26/h3-9,11,26H,10H2,1-2H3,(H,22,27)(H,23,28). The molecule has 29 heavy (non-hydrogen) atoms. The van der Waals surface area contributed by atoms with E-state index in [4.69, 9.17) is 11.6 Å². The summed E-state index contributed by atoms with van der Waals surface area (Å²) in [6.45, 7) is 4.20. The summed E-state index contributed by atoms with van der Waals surface area (Å²) < 4.78 is 1.24. The smallest absolute Gasteiger partial charge is 0.290 e. The van der Waals surface area contributed by atoms with Crippen molar-refractivity contribution in [2.24, 2.45) is 5.92 Å². The van der Waals surface area contributed by atoms with E-state index in [1.807, 2.05) is 13.8 Å². The van der Waals surface area contributed by atoms with Crippen molar-refractivity contribution in [2.75, 3.05) is 0 Å². The van der Waals surface area contributed by atoms with Gasteiger partial charge >= 0.3 is 0 Å². The molecule has 0 fully saturated rings. The van der Waals surface area contributed by atoms with Crippen LogP contribution in [0.25, 0.3) is 10.8 Å². The monoisotopic (exact) mass is 414 g/mol. The van der Waals surface area contributed by atoms with Gasteiger partial charge in [-0.1, -0.05) is 43.6 Å². The fourth-order valence-electron chi connectivity index (χ4n) is 2.80. The lowest BCUT2D eigenvalue weighted by atomic mass is 10.1. The number of phenols is 1. The molecule has 0 unspecified atom stereocenters. The topological polar surface area (TPSA) is 113 Å². The number of nitrogens with zero attached hydrogens (tertiary/aromatic N) is 2. The van der Waals surface area contributed by atoms with E-state index >= 15 is 0 Å². The molecule has 0 radical (unpaired) electrons. The molecule has 0 saturated carbocycles. The maximum atomic E-state index is 12.7. The van der Waals surface area contributed by atoms with Crippen LogP contribution in [0.1, 0.15) is 34.7 Å². The van der Waals surface area contributed by atoms with Gasteiger partial charge in [-0.25, -0.2) is 4.68 Å². The zero-order chi connectivity index (χ0) is 21.1. The van der Waals surface area contributed by atoms with Crippen LogP contribution < -0.4 is 16.4 Å². The lowest BCUT2D eigenvalue weighted by Gasteiger charge is -2.13. The molecule has 3 aromatic rings. The molecule has 150 valence electrons. The van der Waals surface area contributed by atoms with Crippen molar-refractivity contribution in [2.45, 2.75) is 20.4 Å². The van der Waals surface area contributed by atoms with Crippen molar-refractivity contribution < 1.29 is 14.7 Å². The number of aromatic nitrogens is 2. The number of phenolic OH excluding ortho intramolecular Hbond substituents is 1. The molecule has 9 heteroatoms. The van der Waals surface area contributed by atoms with Crippen LogP contribution in [0, 0.1) is 5.92 Å². The van der Waals surface area contributed by atoms with Gasteiger partial charge in [0, 0.05) is 17.0 Å². The number of hydrogen-bond acceptors (Lipinski definition) is 5. The van der Waals surface area contributed by atoms with Crippen LogP contribution >= 0.6 is 11.6 Å². The first-order valence-corrected chi connectivity index (χ1v) is 9.24. The van der Waals surface area contributed by atoms with Crippen LogP contribution in [0.4, 0.5) is 0 Å². The molecule has 1 heterocycles. The SMILES string of the molecule is CC(C)Cn1nc(C(=O)NNC(=O)c2cc(Cl)ccc2O)c2ccccc2c1=O. The normalized spacial score (nSPS) is 10.9. The molecule has 0 saturated heterocycles. The third-order valence-corrected chi connectivity index (χ3v) is 4.35. The van der Waals surface area contributed by atoms with Gasteiger partial charge in [0.1, 0.15) is 5.75 Å². The number of carbonyl (C=O) groups excluding carboxylic acids is 2. The number of rotatable bonds is 4. The molecule has 0 atom stereocenters. The molecule has 0 spiro atoms. The molecule has 0 aliphatic rings. The zero-order valence-electron chi connectivity index (χ0n) is 15.8. The third kappa shape index (κ3) is 4.38. The second kappa shape index (κ2) is 8.32. The van der Waals surface area contributed by atoms with E-state index in [0.29, 0.717) is 17.3 Å². The first-order valence-electron chi connectivity index (χ1n) is 8.87. The Morgan fingerprint density at radius 3 is 2.45 bits per heavy atom. The van der Waals surface area contributed by atoms with Crippen LogP contribution in [-0.2, 0) is 6.54 Å². The number of amides is 2. The minimum absolute atomic E-state index is 0.00327. The summed E-state index contributed by atoms with van der Waals surface area (Å²) in [5.41, 5.74) is 4.09. The van der Waals surface area contributed by atoms with E-state index in [1.54, 1.807) is 24.3 Å². The fourth-order valence-corrected chi connectivity index (χ4v) is 2.97. The highest BCUT2D eigenvalue weighted by molar-refractivity contribution is 6.31. The molecular formula is C20H19ClN4O4. The lowest BCUT2D eigenvalue weighted by molar-refractivity contribution is 0.0842. The van der Waals surface area contributed by atoms with Crippen LogP contribution in [-0.4, -0.2) is 26.7 Å². The Bertz CT molecular complexity index is 1160. The van der Waals surface area contributed by atoms with Gasteiger partial charge in [-0.05, 0) is 30.2 Å². The third-order valence-electron chi connectivity index (χ3n) is 4.11. The maximum Gasteiger partial charge on any atom is 0.290 e. The number of hydrazine groups is 1. The molecule has 0 aliphatic carbocycles. The number of carbonyl (C=O) groups is 2. The Labute approximate surface area is 171 Å². The maximum absolute atomic E-state index is 12.7. The molecule has 0 bridgehead atoms. The Morgan fingerprint density at radius 1 is 1.10 bits per heavy atom. The van der Waals surface area contributed by atoms with Crippen molar-refractivity contribution in [3.63, 3.8) is 0 Å². The summed E-state index contributed by atoms with van der Waals surface area (Å²) in [6.07, 6.45) is 0. The van der Waals surface area contributed by atoms with E-state index in [0.717, 1.165) is 0 Å². The van der Waals surface area contributed by atoms with Gasteiger partial charge in [-0.2, -0.15) is 5.10 Å². The number of fused-ring (bicyclic) bond motifs is 1. The van der Waals surface area contributed by atoms with Crippen LogP contribution in [0.15, 0.2) is 47.3 Å². The number of hydrogen-bond donors (Lipinski definition) is 3. The van der Waals surface area contributed by atoms with Gasteiger partial charge in [-0.15, -0.1) is 0 Å². The molecule has 0 aliphatic heterocycles. The molecule has 3 rings (SSSR count). The highest BCUT2D eigenvalue weighted by Gasteiger charge is 2.19. The second-order valence-corrected chi connectivity index (χ2v) is 7.28. The van der Waals surface area contributed by atoms with Crippen molar-refractivity contribution in [3.8, 4) is 5.75 Å². The number of benzene rings is 2. The average Bonchev–Trinajstić information content (AvgIpc) is 2.69. The van der Waals surface area contributed by atoms with Crippen LogP contribution in [0.2, 0.25) is 5.02 Å². The molecule has 3 N–H and O–H groups in total. The predicted octanol–water partition coefficient (Wildman–Crippen LogP) is 2.49. The Balaban J connectivity index is 1.90. The zero-order valence-corrected chi connectivity index (χ0v) is 16.5. The Hall–Kier alpha value is -3.39. The lowest BCUT2D eigenvalue weighted by Crippen LogP contribution is -2.43. The van der Waals surface area contributed by atoms with E-state index in [9.17, 15) is 19.5 Å². The van der Waals surface area contributed by atoms with Gasteiger partial charge in [0.15, 0.2) is 5.69 Å². The van der Waals surface area contributed by atoms with E-state index in [2.05, 4.69) is 16.0 Å². The number of halogens is 1. The predicted molar refractivity (Wildman–Crippen MR) is 109 cm³/mol. The molecule has 8 nitrogen and oxygen atoms in total. The van der Waals surface area contributed by atoms with Gasteiger partial charge in [0.2, 0.25) is 0 Å². The van der Waals surface area contributed by atoms with Crippen molar-refractivity contribution in [3.05, 3.63) is 69.1 Å². The summed E-state index contributed by atoms with van der Waals surface area (Å²) >= 11 is 5.84. The fraction of sp³-hybridized carbons (Fsp3) is 0.200. The van der Waals surface area contributed by atoms with E-state index < -0.39 is 11.8 Å². The van der Waals surface area contributed by atoms with Crippen molar-refractivity contribution in [1.82, 2.24) is 20.6 Å². The van der Waals surface area contributed by atoms with Crippen LogP contribution in [0.5, 0.6) is 5.75 Å². The second-order valence-electron chi connectivity index (χ2n) is 6.85. The first kappa shape index (κ1) is 20.3. The minimum atomic E-state index is -0.752. The summed E-state index contributed by atoms with van der Waals surface area (Å²) in [7, 11) is 0. The molecule has 1 aromatic heterocycles.